The van der Waals surface area contributed by atoms with Crippen LogP contribution in [-0.4, -0.2) is 25.2 Å². The molecule has 0 amide bonds. The first-order valence-electron chi connectivity index (χ1n) is 3.99. The highest BCUT2D eigenvalue weighted by Gasteiger charge is 2.14. The predicted octanol–water partition coefficient (Wildman–Crippen LogP) is 0.396. The second-order valence-corrected chi connectivity index (χ2v) is 4.42. The van der Waals surface area contributed by atoms with Crippen molar-refractivity contribution in [3.63, 3.8) is 0 Å². The van der Waals surface area contributed by atoms with Gasteiger partial charge < -0.3 is 10.2 Å². The van der Waals surface area contributed by atoms with Gasteiger partial charge in [0.05, 0.1) is 4.90 Å². The first-order valence-corrected chi connectivity index (χ1v) is 5.47. The third-order valence-electron chi connectivity index (χ3n) is 1.59. The van der Waals surface area contributed by atoms with Crippen LogP contribution in [0.2, 0.25) is 0 Å². The number of nitrogens with one attached hydrogen (secondary N) is 1. The van der Waals surface area contributed by atoms with Gasteiger partial charge in [0.2, 0.25) is 10.0 Å². The smallest absolute Gasteiger partial charge is 0.240 e. The highest BCUT2D eigenvalue weighted by atomic mass is 32.2. The van der Waals surface area contributed by atoms with Crippen molar-refractivity contribution in [2.24, 2.45) is 0 Å². The molecule has 14 heavy (non-hydrogen) atoms. The Morgan fingerprint density at radius 1 is 1.29 bits per heavy atom. The Morgan fingerprint density at radius 2 is 1.93 bits per heavy atom. The Labute approximate surface area is 82.1 Å². The Hall–Kier alpha value is -1.27. The minimum absolute atomic E-state index is 0.0744. The van der Waals surface area contributed by atoms with Crippen LogP contribution in [0.1, 0.15) is 6.92 Å². The van der Waals surface area contributed by atoms with Crippen molar-refractivity contribution in [2.45, 2.75) is 11.8 Å². The molecule has 0 radical (unpaired) electrons. The van der Waals surface area contributed by atoms with E-state index >= 15 is 0 Å². The molecule has 78 valence electrons. The summed E-state index contributed by atoms with van der Waals surface area (Å²) in [6, 6.07) is 3.33. The quantitative estimate of drug-likeness (QED) is 0.639. The number of phenols is 2. The Balaban J connectivity index is 3.15. The molecule has 0 saturated heterocycles. The molecule has 0 aliphatic carbocycles. The molecule has 6 heteroatoms. The van der Waals surface area contributed by atoms with Crippen LogP contribution >= 0.6 is 0 Å². The maximum absolute atomic E-state index is 11.4. The molecular weight excluding hydrogens is 206 g/mol. The Bertz CT molecular complexity index is 427. The minimum atomic E-state index is -3.57. The van der Waals surface area contributed by atoms with E-state index in [4.69, 9.17) is 10.2 Å². The molecule has 0 bridgehead atoms. The van der Waals surface area contributed by atoms with Crippen LogP contribution in [0.5, 0.6) is 11.5 Å². The van der Waals surface area contributed by atoms with E-state index in [1.165, 1.54) is 6.07 Å². The number of hydrogen-bond acceptors (Lipinski definition) is 4. The van der Waals surface area contributed by atoms with Crippen LogP contribution in [0.4, 0.5) is 0 Å². The van der Waals surface area contributed by atoms with E-state index in [2.05, 4.69) is 4.72 Å². The van der Waals surface area contributed by atoms with E-state index in [-0.39, 0.29) is 17.2 Å². The topological polar surface area (TPSA) is 86.6 Å². The molecule has 0 atom stereocenters. The third kappa shape index (κ3) is 2.15. The molecule has 0 aliphatic heterocycles. The molecule has 0 spiro atoms. The van der Waals surface area contributed by atoms with Crippen LogP contribution in [0.25, 0.3) is 0 Å². The summed E-state index contributed by atoms with van der Waals surface area (Å²) in [4.78, 5) is -0.0744. The van der Waals surface area contributed by atoms with Crippen molar-refractivity contribution in [1.29, 1.82) is 0 Å². The van der Waals surface area contributed by atoms with E-state index in [1.807, 2.05) is 0 Å². The summed E-state index contributed by atoms with van der Waals surface area (Å²) >= 11 is 0. The lowest BCUT2D eigenvalue weighted by Crippen LogP contribution is -2.22. The summed E-state index contributed by atoms with van der Waals surface area (Å²) in [6.07, 6.45) is 0. The molecule has 0 heterocycles. The number of hydrogen-bond donors (Lipinski definition) is 3. The fourth-order valence-corrected chi connectivity index (χ4v) is 2.00. The first kappa shape index (κ1) is 10.8. The number of benzene rings is 1. The predicted molar refractivity (Wildman–Crippen MR) is 50.6 cm³/mol. The molecule has 1 rings (SSSR count). The zero-order chi connectivity index (χ0) is 10.8. The van der Waals surface area contributed by atoms with Crippen molar-refractivity contribution in [2.75, 3.05) is 6.54 Å². The van der Waals surface area contributed by atoms with Crippen molar-refractivity contribution in [3.8, 4) is 11.5 Å². The zero-order valence-electron chi connectivity index (χ0n) is 7.56. The molecule has 0 fully saturated rings. The van der Waals surface area contributed by atoms with Gasteiger partial charge in [0.1, 0.15) is 0 Å². The van der Waals surface area contributed by atoms with Gasteiger partial charge in [-0.2, -0.15) is 0 Å². The van der Waals surface area contributed by atoms with Crippen LogP contribution in [-0.2, 0) is 10.0 Å². The fraction of sp³-hybridized carbons (Fsp3) is 0.250. The van der Waals surface area contributed by atoms with Gasteiger partial charge in [0.25, 0.3) is 0 Å². The summed E-state index contributed by atoms with van der Waals surface area (Å²) in [5, 5.41) is 18.1. The van der Waals surface area contributed by atoms with Crippen LogP contribution in [0.3, 0.4) is 0 Å². The standard InChI is InChI=1S/C8H11NO4S/c1-2-9-14(12,13)6-3-4-7(10)8(11)5-6/h3-5,9-11H,2H2,1H3. The van der Waals surface area contributed by atoms with Crippen LogP contribution in [0.15, 0.2) is 23.1 Å². The normalized spacial score (nSPS) is 11.5. The molecule has 5 nitrogen and oxygen atoms in total. The van der Waals surface area contributed by atoms with Gasteiger partial charge in [0, 0.05) is 12.6 Å². The van der Waals surface area contributed by atoms with Gasteiger partial charge in [-0.15, -0.1) is 0 Å². The fourth-order valence-electron chi connectivity index (χ4n) is 0.944. The molecule has 1 aromatic rings. The van der Waals surface area contributed by atoms with Gasteiger partial charge in [-0.1, -0.05) is 6.92 Å². The van der Waals surface area contributed by atoms with E-state index in [9.17, 15) is 8.42 Å². The summed E-state index contributed by atoms with van der Waals surface area (Å²) in [7, 11) is -3.57. The maximum Gasteiger partial charge on any atom is 0.240 e. The maximum atomic E-state index is 11.4. The number of rotatable bonds is 3. The zero-order valence-corrected chi connectivity index (χ0v) is 8.37. The molecule has 0 aliphatic rings. The lowest BCUT2D eigenvalue weighted by atomic mass is 10.3. The summed E-state index contributed by atoms with van der Waals surface area (Å²) in [5.41, 5.74) is 0. The number of phenolic OH excluding ortho intramolecular Hbond substituents is 2. The average Bonchev–Trinajstić information content (AvgIpc) is 2.09. The van der Waals surface area contributed by atoms with E-state index in [0.29, 0.717) is 0 Å². The SMILES string of the molecule is CCNS(=O)(=O)c1ccc(O)c(O)c1. The van der Waals surface area contributed by atoms with E-state index in [0.717, 1.165) is 12.1 Å². The molecule has 0 aromatic heterocycles. The average molecular weight is 217 g/mol. The van der Waals surface area contributed by atoms with E-state index in [1.54, 1.807) is 6.92 Å². The second-order valence-electron chi connectivity index (χ2n) is 2.65. The summed E-state index contributed by atoms with van der Waals surface area (Å²) in [6.45, 7) is 1.92. The molecule has 0 unspecified atom stereocenters. The van der Waals surface area contributed by atoms with Crippen molar-refractivity contribution in [3.05, 3.63) is 18.2 Å². The van der Waals surface area contributed by atoms with Crippen molar-refractivity contribution >= 4 is 10.0 Å². The van der Waals surface area contributed by atoms with Gasteiger partial charge >= 0.3 is 0 Å². The monoisotopic (exact) mass is 217 g/mol. The van der Waals surface area contributed by atoms with Crippen LogP contribution in [0, 0.1) is 0 Å². The lowest BCUT2D eigenvalue weighted by molar-refractivity contribution is 0.402. The van der Waals surface area contributed by atoms with Crippen molar-refractivity contribution < 1.29 is 18.6 Å². The van der Waals surface area contributed by atoms with Crippen LogP contribution < -0.4 is 4.72 Å². The van der Waals surface area contributed by atoms with Gasteiger partial charge in [-0.05, 0) is 12.1 Å². The highest BCUT2D eigenvalue weighted by Crippen LogP contribution is 2.26. The molecule has 3 N–H and O–H groups in total. The Kier molecular flexibility index (Phi) is 2.97. The third-order valence-corrected chi connectivity index (χ3v) is 3.13. The highest BCUT2D eigenvalue weighted by molar-refractivity contribution is 7.89. The van der Waals surface area contributed by atoms with Gasteiger partial charge in [-0.25, -0.2) is 13.1 Å². The van der Waals surface area contributed by atoms with Gasteiger partial charge in [0.15, 0.2) is 11.5 Å². The van der Waals surface area contributed by atoms with Crippen molar-refractivity contribution in [1.82, 2.24) is 4.72 Å². The first-order chi connectivity index (χ1) is 6.47. The largest absolute Gasteiger partial charge is 0.504 e. The molecule has 1 aromatic carbocycles. The molecular formula is C8H11NO4S. The lowest BCUT2D eigenvalue weighted by Gasteiger charge is -2.05. The van der Waals surface area contributed by atoms with E-state index < -0.39 is 15.8 Å². The molecule has 0 saturated carbocycles. The summed E-state index contributed by atoms with van der Waals surface area (Å²) in [5.74, 6) is -0.801. The Morgan fingerprint density at radius 3 is 2.43 bits per heavy atom. The number of sulfonamides is 1. The minimum Gasteiger partial charge on any atom is -0.504 e. The summed E-state index contributed by atoms with van der Waals surface area (Å²) < 4.78 is 25.0. The van der Waals surface area contributed by atoms with Gasteiger partial charge in [-0.3, -0.25) is 0 Å². The number of aromatic hydroxyl groups is 2. The second kappa shape index (κ2) is 3.85.